The number of H-pyrrole nitrogens is 1. The van der Waals surface area contributed by atoms with Crippen LogP contribution in [-0.4, -0.2) is 14.5 Å². The molecule has 0 saturated carbocycles. The number of halogens is 1. The highest BCUT2D eigenvalue weighted by Crippen LogP contribution is 2.20. The first-order valence-electron chi connectivity index (χ1n) is 4.88. The van der Waals surface area contributed by atoms with Gasteiger partial charge >= 0.3 is 0 Å². The molecule has 1 atom stereocenters. The second-order valence-corrected chi connectivity index (χ2v) is 3.57. The monoisotopic (exact) mass is 209 g/mol. The predicted octanol–water partition coefficient (Wildman–Crippen LogP) is 1.83. The normalized spacial score (nSPS) is 13.3. The van der Waals surface area contributed by atoms with Crippen LogP contribution in [0.2, 0.25) is 0 Å². The molecule has 80 valence electrons. The van der Waals surface area contributed by atoms with Gasteiger partial charge in [0.2, 0.25) is 0 Å². The first-order chi connectivity index (χ1) is 7.15. The van der Waals surface area contributed by atoms with Crippen molar-refractivity contribution in [3.05, 3.63) is 28.7 Å². The third-order valence-corrected chi connectivity index (χ3v) is 2.63. The van der Waals surface area contributed by atoms with Gasteiger partial charge in [0, 0.05) is 12.2 Å². The van der Waals surface area contributed by atoms with Crippen LogP contribution in [0.15, 0.2) is 17.3 Å². The SMILES string of the molecule is CCC(C)n1cc(F)c2c(=O)[nH]cnc21. The van der Waals surface area contributed by atoms with Crippen molar-refractivity contribution in [2.24, 2.45) is 0 Å². The summed E-state index contributed by atoms with van der Waals surface area (Å²) >= 11 is 0. The van der Waals surface area contributed by atoms with Gasteiger partial charge in [-0.05, 0) is 13.3 Å². The van der Waals surface area contributed by atoms with Gasteiger partial charge in [0.15, 0.2) is 11.5 Å². The maximum absolute atomic E-state index is 13.5. The Morgan fingerprint density at radius 1 is 1.67 bits per heavy atom. The number of fused-ring (bicyclic) bond motifs is 1. The number of aromatic amines is 1. The van der Waals surface area contributed by atoms with E-state index in [2.05, 4.69) is 9.97 Å². The lowest BCUT2D eigenvalue weighted by Crippen LogP contribution is -2.09. The molecule has 1 N–H and O–H groups in total. The van der Waals surface area contributed by atoms with Crippen LogP contribution in [0.5, 0.6) is 0 Å². The van der Waals surface area contributed by atoms with Gasteiger partial charge in [0.05, 0.1) is 6.33 Å². The zero-order chi connectivity index (χ0) is 11.0. The minimum atomic E-state index is -0.514. The van der Waals surface area contributed by atoms with E-state index in [9.17, 15) is 9.18 Å². The van der Waals surface area contributed by atoms with E-state index >= 15 is 0 Å². The van der Waals surface area contributed by atoms with E-state index in [1.54, 1.807) is 4.57 Å². The molecule has 0 aliphatic heterocycles. The Balaban J connectivity index is 2.79. The molecule has 0 bridgehead atoms. The Kier molecular flexibility index (Phi) is 2.30. The molecule has 0 amide bonds. The summed E-state index contributed by atoms with van der Waals surface area (Å²) in [4.78, 5) is 17.7. The van der Waals surface area contributed by atoms with Gasteiger partial charge in [-0.1, -0.05) is 6.92 Å². The third kappa shape index (κ3) is 1.44. The smallest absolute Gasteiger partial charge is 0.263 e. The molecule has 0 spiro atoms. The van der Waals surface area contributed by atoms with E-state index in [0.29, 0.717) is 5.65 Å². The van der Waals surface area contributed by atoms with Crippen molar-refractivity contribution in [1.82, 2.24) is 14.5 Å². The van der Waals surface area contributed by atoms with Crippen LogP contribution in [0.25, 0.3) is 11.0 Å². The molecule has 1 unspecified atom stereocenters. The van der Waals surface area contributed by atoms with E-state index in [-0.39, 0.29) is 11.4 Å². The van der Waals surface area contributed by atoms with Crippen LogP contribution >= 0.6 is 0 Å². The Morgan fingerprint density at radius 3 is 3.07 bits per heavy atom. The summed E-state index contributed by atoms with van der Waals surface area (Å²) in [5.41, 5.74) is -0.0230. The molecule has 15 heavy (non-hydrogen) atoms. The lowest BCUT2D eigenvalue weighted by molar-refractivity contribution is 0.532. The molecule has 0 saturated heterocycles. The van der Waals surface area contributed by atoms with Crippen LogP contribution in [0.3, 0.4) is 0 Å². The molecule has 0 aliphatic carbocycles. The molecule has 0 aliphatic rings. The Labute approximate surface area is 85.8 Å². The van der Waals surface area contributed by atoms with Crippen molar-refractivity contribution >= 4 is 11.0 Å². The summed E-state index contributed by atoms with van der Waals surface area (Å²) in [6.45, 7) is 3.96. The van der Waals surface area contributed by atoms with Gasteiger partial charge in [-0.3, -0.25) is 4.79 Å². The lowest BCUT2D eigenvalue weighted by atomic mass is 10.2. The van der Waals surface area contributed by atoms with Crippen molar-refractivity contribution in [1.29, 1.82) is 0 Å². The molecule has 0 fully saturated rings. The minimum Gasteiger partial charge on any atom is -0.326 e. The van der Waals surface area contributed by atoms with Crippen LogP contribution in [0.4, 0.5) is 4.39 Å². The number of aromatic nitrogens is 3. The molecule has 2 rings (SSSR count). The number of rotatable bonds is 2. The molecule has 2 heterocycles. The summed E-state index contributed by atoms with van der Waals surface area (Å²) in [5.74, 6) is -0.514. The second-order valence-electron chi connectivity index (χ2n) is 3.57. The molecule has 0 radical (unpaired) electrons. The molecule has 2 aromatic rings. The van der Waals surface area contributed by atoms with Crippen LogP contribution in [0, 0.1) is 5.82 Å². The van der Waals surface area contributed by atoms with Gasteiger partial charge < -0.3 is 9.55 Å². The lowest BCUT2D eigenvalue weighted by Gasteiger charge is -2.10. The van der Waals surface area contributed by atoms with Crippen molar-refractivity contribution in [2.45, 2.75) is 26.3 Å². The second kappa shape index (κ2) is 3.49. The average Bonchev–Trinajstić information content (AvgIpc) is 2.56. The fourth-order valence-electron chi connectivity index (χ4n) is 1.58. The van der Waals surface area contributed by atoms with Crippen LogP contribution in [0.1, 0.15) is 26.3 Å². The zero-order valence-electron chi connectivity index (χ0n) is 8.62. The van der Waals surface area contributed by atoms with Crippen LogP contribution < -0.4 is 5.56 Å². The summed E-state index contributed by atoms with van der Waals surface area (Å²) in [7, 11) is 0. The molecule has 5 heteroatoms. The van der Waals surface area contributed by atoms with Gasteiger partial charge in [-0.25, -0.2) is 9.37 Å². The van der Waals surface area contributed by atoms with Crippen molar-refractivity contribution in [3.8, 4) is 0 Å². The van der Waals surface area contributed by atoms with Gasteiger partial charge in [-0.15, -0.1) is 0 Å². The van der Waals surface area contributed by atoms with E-state index in [4.69, 9.17) is 0 Å². The molecule has 4 nitrogen and oxygen atoms in total. The fourth-order valence-corrected chi connectivity index (χ4v) is 1.58. The highest BCUT2D eigenvalue weighted by atomic mass is 19.1. The first kappa shape index (κ1) is 9.89. The summed E-state index contributed by atoms with van der Waals surface area (Å²) in [5, 5.41) is 0.0396. The summed E-state index contributed by atoms with van der Waals surface area (Å²) < 4.78 is 15.2. The van der Waals surface area contributed by atoms with Crippen LogP contribution in [-0.2, 0) is 0 Å². The molecular formula is C10H12FN3O. The summed E-state index contributed by atoms with van der Waals surface area (Å²) in [6, 6.07) is 0.131. The van der Waals surface area contributed by atoms with E-state index in [1.165, 1.54) is 12.5 Å². The standard InChI is InChI=1S/C10H12FN3O/c1-3-6(2)14-4-7(11)8-9(14)12-5-13-10(8)15/h4-6H,3H2,1-2H3,(H,12,13,15). The van der Waals surface area contributed by atoms with Gasteiger partial charge in [0.1, 0.15) is 5.39 Å². The van der Waals surface area contributed by atoms with Crippen molar-refractivity contribution in [2.75, 3.05) is 0 Å². The Bertz CT molecular complexity index is 543. The number of nitrogens with zero attached hydrogens (tertiary/aromatic N) is 2. The Hall–Kier alpha value is -1.65. The number of hydrogen-bond acceptors (Lipinski definition) is 2. The largest absolute Gasteiger partial charge is 0.326 e. The number of nitrogens with one attached hydrogen (secondary N) is 1. The van der Waals surface area contributed by atoms with E-state index in [1.807, 2.05) is 13.8 Å². The fraction of sp³-hybridized carbons (Fsp3) is 0.400. The molecule has 0 aromatic carbocycles. The van der Waals surface area contributed by atoms with E-state index in [0.717, 1.165) is 6.42 Å². The Morgan fingerprint density at radius 2 is 2.40 bits per heavy atom. The first-order valence-corrected chi connectivity index (χ1v) is 4.88. The van der Waals surface area contributed by atoms with Crippen molar-refractivity contribution in [3.63, 3.8) is 0 Å². The predicted molar refractivity (Wildman–Crippen MR) is 55.3 cm³/mol. The van der Waals surface area contributed by atoms with Crippen molar-refractivity contribution < 1.29 is 4.39 Å². The maximum Gasteiger partial charge on any atom is 0.263 e. The minimum absolute atomic E-state index is 0.0396. The highest BCUT2D eigenvalue weighted by molar-refractivity contribution is 5.75. The zero-order valence-corrected chi connectivity index (χ0v) is 8.62. The van der Waals surface area contributed by atoms with Gasteiger partial charge in [-0.2, -0.15) is 0 Å². The van der Waals surface area contributed by atoms with Gasteiger partial charge in [0.25, 0.3) is 5.56 Å². The topological polar surface area (TPSA) is 50.7 Å². The molecule has 2 aromatic heterocycles. The summed E-state index contributed by atoms with van der Waals surface area (Å²) in [6.07, 6.45) is 3.49. The highest BCUT2D eigenvalue weighted by Gasteiger charge is 2.15. The number of hydrogen-bond donors (Lipinski definition) is 1. The molecular weight excluding hydrogens is 197 g/mol. The van der Waals surface area contributed by atoms with E-state index < -0.39 is 11.4 Å². The maximum atomic E-state index is 13.5. The quantitative estimate of drug-likeness (QED) is 0.820. The average molecular weight is 209 g/mol. The third-order valence-electron chi connectivity index (χ3n) is 2.63.